The fourth-order valence-corrected chi connectivity index (χ4v) is 3.34. The Kier molecular flexibility index (Phi) is 8.91. The van der Waals surface area contributed by atoms with Crippen LogP contribution in [-0.2, 0) is 10.0 Å². The molecule has 118 valence electrons. The van der Waals surface area contributed by atoms with Gasteiger partial charge in [-0.2, -0.15) is 5.10 Å². The lowest BCUT2D eigenvalue weighted by Crippen LogP contribution is -2.21. The summed E-state index contributed by atoms with van der Waals surface area (Å²) in [7, 11) is -3.30. The van der Waals surface area contributed by atoms with Gasteiger partial charge >= 0.3 is 0 Å². The molecular formula is C15H23IN2O2S. The summed E-state index contributed by atoms with van der Waals surface area (Å²) in [6.45, 7) is 2.17. The molecule has 0 bridgehead atoms. The number of sulfonamides is 1. The summed E-state index contributed by atoms with van der Waals surface area (Å²) in [5.41, 5.74) is 0.879. The molecular weight excluding hydrogens is 399 g/mol. The molecule has 0 aliphatic rings. The minimum absolute atomic E-state index is 0.142. The van der Waals surface area contributed by atoms with Gasteiger partial charge in [0.25, 0.3) is 0 Å². The van der Waals surface area contributed by atoms with Gasteiger partial charge in [0.1, 0.15) is 0 Å². The van der Waals surface area contributed by atoms with Crippen molar-refractivity contribution in [3.63, 3.8) is 0 Å². The Hall–Kier alpha value is -0.630. The second kappa shape index (κ2) is 10.2. The van der Waals surface area contributed by atoms with E-state index >= 15 is 0 Å². The van der Waals surface area contributed by atoms with E-state index in [0.717, 1.165) is 22.0 Å². The number of unbranched alkanes of at least 4 members (excludes halogenated alkanes) is 5. The van der Waals surface area contributed by atoms with Gasteiger partial charge in [0.2, 0.25) is 10.0 Å². The quantitative estimate of drug-likeness (QED) is 0.269. The lowest BCUT2D eigenvalue weighted by molar-refractivity contribution is 0.573. The Morgan fingerprint density at radius 1 is 1.19 bits per heavy atom. The van der Waals surface area contributed by atoms with Crippen LogP contribution >= 0.6 is 22.6 Å². The third-order valence-corrected chi connectivity index (χ3v) is 4.90. The van der Waals surface area contributed by atoms with Crippen LogP contribution in [0.25, 0.3) is 0 Å². The summed E-state index contributed by atoms with van der Waals surface area (Å²) in [5.74, 6) is 0.142. The van der Waals surface area contributed by atoms with Crippen molar-refractivity contribution in [2.24, 2.45) is 5.10 Å². The highest BCUT2D eigenvalue weighted by Crippen LogP contribution is 2.07. The van der Waals surface area contributed by atoms with Crippen LogP contribution in [0.3, 0.4) is 0 Å². The molecule has 6 heteroatoms. The minimum atomic E-state index is -3.30. The van der Waals surface area contributed by atoms with E-state index in [1.54, 1.807) is 0 Å². The fraction of sp³-hybridized carbons (Fsp3) is 0.533. The average molecular weight is 422 g/mol. The smallest absolute Gasteiger partial charge is 0.205 e. The van der Waals surface area contributed by atoms with Crippen LogP contribution in [0, 0.1) is 3.57 Å². The predicted octanol–water partition coefficient (Wildman–Crippen LogP) is 3.91. The monoisotopic (exact) mass is 422 g/mol. The summed E-state index contributed by atoms with van der Waals surface area (Å²) >= 11 is 2.20. The van der Waals surface area contributed by atoms with Crippen LogP contribution in [0.15, 0.2) is 29.4 Å². The van der Waals surface area contributed by atoms with Crippen LogP contribution in [0.1, 0.15) is 51.0 Å². The fourth-order valence-electron chi connectivity index (χ4n) is 1.89. The Morgan fingerprint density at radius 3 is 2.62 bits per heavy atom. The molecule has 0 fully saturated rings. The number of hydrogen-bond donors (Lipinski definition) is 1. The summed E-state index contributed by atoms with van der Waals surface area (Å²) < 4.78 is 24.6. The number of halogens is 1. The number of nitrogens with one attached hydrogen (secondary N) is 1. The first-order chi connectivity index (χ1) is 10.0. The zero-order valence-electron chi connectivity index (χ0n) is 12.4. The molecule has 1 rings (SSSR count). The molecule has 0 saturated heterocycles. The third-order valence-electron chi connectivity index (χ3n) is 3.02. The minimum Gasteiger partial charge on any atom is -0.205 e. The molecule has 0 amide bonds. The predicted molar refractivity (Wildman–Crippen MR) is 97.1 cm³/mol. The van der Waals surface area contributed by atoms with Gasteiger partial charge in [0.05, 0.1) is 12.0 Å². The Morgan fingerprint density at radius 2 is 1.90 bits per heavy atom. The lowest BCUT2D eigenvalue weighted by Gasteiger charge is -2.03. The highest BCUT2D eigenvalue weighted by Gasteiger charge is 2.07. The first-order valence-corrected chi connectivity index (χ1v) is 10.0. The molecule has 0 aromatic heterocycles. The summed E-state index contributed by atoms with van der Waals surface area (Å²) in [6.07, 6.45) is 7.91. The van der Waals surface area contributed by atoms with Gasteiger partial charge in [-0.25, -0.2) is 13.2 Å². The van der Waals surface area contributed by atoms with Gasteiger partial charge in [0, 0.05) is 3.57 Å². The maximum Gasteiger partial charge on any atom is 0.247 e. The lowest BCUT2D eigenvalue weighted by atomic mass is 10.1. The van der Waals surface area contributed by atoms with E-state index in [0.29, 0.717) is 6.42 Å². The summed E-state index contributed by atoms with van der Waals surface area (Å²) in [4.78, 5) is 2.27. The van der Waals surface area contributed by atoms with E-state index in [1.807, 2.05) is 24.3 Å². The highest BCUT2D eigenvalue weighted by atomic mass is 127. The van der Waals surface area contributed by atoms with Gasteiger partial charge < -0.3 is 0 Å². The Bertz CT molecular complexity index is 544. The van der Waals surface area contributed by atoms with Crippen molar-refractivity contribution in [3.05, 3.63) is 33.4 Å². The second-order valence-electron chi connectivity index (χ2n) is 4.99. The molecule has 0 aliphatic heterocycles. The van der Waals surface area contributed by atoms with Crippen molar-refractivity contribution < 1.29 is 8.42 Å². The Balaban J connectivity index is 2.29. The summed E-state index contributed by atoms with van der Waals surface area (Å²) in [6, 6.07) is 7.70. The largest absolute Gasteiger partial charge is 0.247 e. The number of rotatable bonds is 10. The SMILES string of the molecule is CCCCCCCCS(=O)(=O)N/N=C\c1cccc(I)c1. The van der Waals surface area contributed by atoms with Gasteiger partial charge in [-0.15, -0.1) is 0 Å². The van der Waals surface area contributed by atoms with Crippen molar-refractivity contribution in [2.75, 3.05) is 5.75 Å². The molecule has 21 heavy (non-hydrogen) atoms. The molecule has 1 aromatic rings. The van der Waals surface area contributed by atoms with E-state index in [-0.39, 0.29) is 5.75 Å². The zero-order valence-corrected chi connectivity index (χ0v) is 15.4. The van der Waals surface area contributed by atoms with E-state index in [2.05, 4.69) is 39.4 Å². The number of hydrazone groups is 1. The first kappa shape index (κ1) is 18.4. The van der Waals surface area contributed by atoms with Crippen molar-refractivity contribution in [1.29, 1.82) is 0 Å². The van der Waals surface area contributed by atoms with Crippen LogP contribution < -0.4 is 4.83 Å². The Labute approximate surface area is 141 Å². The molecule has 0 atom stereocenters. The molecule has 0 radical (unpaired) electrons. The molecule has 1 N–H and O–H groups in total. The third kappa shape index (κ3) is 9.08. The van der Waals surface area contributed by atoms with Gasteiger partial charge in [-0.1, -0.05) is 51.2 Å². The zero-order chi connectivity index (χ0) is 15.6. The van der Waals surface area contributed by atoms with Crippen molar-refractivity contribution >= 4 is 38.8 Å². The van der Waals surface area contributed by atoms with Crippen LogP contribution in [-0.4, -0.2) is 20.4 Å². The normalized spacial score (nSPS) is 11.9. The molecule has 0 aliphatic carbocycles. The van der Waals surface area contributed by atoms with Gasteiger partial charge in [-0.3, -0.25) is 0 Å². The van der Waals surface area contributed by atoms with Crippen LogP contribution in [0.2, 0.25) is 0 Å². The van der Waals surface area contributed by atoms with Crippen molar-refractivity contribution in [2.45, 2.75) is 45.4 Å². The number of nitrogens with zero attached hydrogens (tertiary/aromatic N) is 1. The van der Waals surface area contributed by atoms with Crippen molar-refractivity contribution in [3.8, 4) is 0 Å². The highest BCUT2D eigenvalue weighted by molar-refractivity contribution is 14.1. The maximum atomic E-state index is 11.8. The second-order valence-corrected chi connectivity index (χ2v) is 8.06. The topological polar surface area (TPSA) is 58.5 Å². The van der Waals surface area contributed by atoms with Crippen LogP contribution in [0.4, 0.5) is 0 Å². The molecule has 0 saturated carbocycles. The molecule has 0 spiro atoms. The van der Waals surface area contributed by atoms with E-state index in [4.69, 9.17) is 0 Å². The molecule has 0 heterocycles. The molecule has 1 aromatic carbocycles. The maximum absolute atomic E-state index is 11.8. The number of benzene rings is 1. The van der Waals surface area contributed by atoms with E-state index < -0.39 is 10.0 Å². The van der Waals surface area contributed by atoms with Crippen molar-refractivity contribution in [1.82, 2.24) is 4.83 Å². The first-order valence-electron chi connectivity index (χ1n) is 7.31. The molecule has 0 unspecified atom stereocenters. The standard InChI is InChI=1S/C15H23IN2O2S/c1-2-3-4-5-6-7-11-21(19,20)18-17-13-14-9-8-10-15(16)12-14/h8-10,12-13,18H,2-7,11H2,1H3/b17-13-. The van der Waals surface area contributed by atoms with Crippen LogP contribution in [0.5, 0.6) is 0 Å². The van der Waals surface area contributed by atoms with E-state index in [9.17, 15) is 8.42 Å². The average Bonchev–Trinajstić information content (AvgIpc) is 2.42. The number of hydrogen-bond acceptors (Lipinski definition) is 3. The van der Waals surface area contributed by atoms with E-state index in [1.165, 1.54) is 25.5 Å². The van der Waals surface area contributed by atoms with Gasteiger partial charge in [-0.05, 0) is 46.7 Å². The summed E-state index contributed by atoms with van der Waals surface area (Å²) in [5, 5.41) is 3.82. The van der Waals surface area contributed by atoms with Gasteiger partial charge in [0.15, 0.2) is 0 Å². The molecule has 4 nitrogen and oxygen atoms in total.